The van der Waals surface area contributed by atoms with Crippen LogP contribution in [0.25, 0.3) is 9.88 Å². The topological polar surface area (TPSA) is 62.3 Å². The SMILES string of the molecule is CN(CC(=O)Nc1ccccc1Cl)C(=O)Cc1csc(-c2cccs2)n1. The van der Waals surface area contributed by atoms with E-state index in [-0.39, 0.29) is 24.8 Å². The fraction of sp³-hybridized carbons (Fsp3) is 0.167. The summed E-state index contributed by atoms with van der Waals surface area (Å²) in [4.78, 5) is 31.4. The van der Waals surface area contributed by atoms with Crippen LogP contribution in [0.2, 0.25) is 5.02 Å². The number of likely N-dealkylation sites (N-methyl/N-ethyl adjacent to an activating group) is 1. The summed E-state index contributed by atoms with van der Waals surface area (Å²) >= 11 is 9.14. The van der Waals surface area contributed by atoms with E-state index in [1.165, 1.54) is 16.2 Å². The van der Waals surface area contributed by atoms with Gasteiger partial charge in [-0.15, -0.1) is 22.7 Å². The van der Waals surface area contributed by atoms with Gasteiger partial charge in [-0.05, 0) is 23.6 Å². The van der Waals surface area contributed by atoms with E-state index in [9.17, 15) is 9.59 Å². The summed E-state index contributed by atoms with van der Waals surface area (Å²) in [6.07, 6.45) is 0.164. The molecular weight excluding hydrogens is 390 g/mol. The highest BCUT2D eigenvalue weighted by Crippen LogP contribution is 2.28. The predicted octanol–water partition coefficient (Wildman–Crippen LogP) is 4.16. The summed E-state index contributed by atoms with van der Waals surface area (Å²) in [6.45, 7) is -0.0496. The normalized spacial score (nSPS) is 10.5. The molecule has 2 heterocycles. The van der Waals surface area contributed by atoms with Gasteiger partial charge >= 0.3 is 0 Å². The maximum absolute atomic E-state index is 12.4. The zero-order valence-electron chi connectivity index (χ0n) is 13.9. The molecule has 134 valence electrons. The second-order valence-electron chi connectivity index (χ2n) is 5.58. The summed E-state index contributed by atoms with van der Waals surface area (Å²) in [5.74, 6) is -0.464. The number of amides is 2. The van der Waals surface area contributed by atoms with Gasteiger partial charge in [0.05, 0.1) is 34.2 Å². The molecule has 2 aromatic heterocycles. The second-order valence-corrected chi connectivity index (χ2v) is 7.79. The fourth-order valence-corrected chi connectivity index (χ4v) is 4.06. The molecule has 0 unspecified atom stereocenters. The molecule has 0 aliphatic rings. The van der Waals surface area contributed by atoms with Gasteiger partial charge < -0.3 is 10.2 Å². The Morgan fingerprint density at radius 2 is 2.00 bits per heavy atom. The number of aromatic nitrogens is 1. The number of halogens is 1. The van der Waals surface area contributed by atoms with Gasteiger partial charge in [0, 0.05) is 12.4 Å². The average Bonchev–Trinajstić information content (AvgIpc) is 3.28. The minimum atomic E-state index is -0.300. The summed E-state index contributed by atoms with van der Waals surface area (Å²) in [5.41, 5.74) is 1.24. The van der Waals surface area contributed by atoms with Gasteiger partial charge in [0.1, 0.15) is 5.01 Å². The fourth-order valence-electron chi connectivity index (χ4n) is 2.25. The number of rotatable bonds is 6. The molecule has 0 atom stereocenters. The quantitative estimate of drug-likeness (QED) is 0.669. The van der Waals surface area contributed by atoms with Crippen molar-refractivity contribution >= 4 is 51.8 Å². The van der Waals surface area contributed by atoms with Crippen LogP contribution in [-0.4, -0.2) is 35.3 Å². The van der Waals surface area contributed by atoms with E-state index in [1.54, 1.807) is 42.6 Å². The molecule has 5 nitrogen and oxygen atoms in total. The first-order valence-electron chi connectivity index (χ1n) is 7.79. The molecular formula is C18H16ClN3O2S2. The Labute approximate surface area is 164 Å². The van der Waals surface area contributed by atoms with Crippen molar-refractivity contribution in [2.24, 2.45) is 0 Å². The predicted molar refractivity (Wildman–Crippen MR) is 107 cm³/mol. The van der Waals surface area contributed by atoms with E-state index >= 15 is 0 Å². The average molecular weight is 406 g/mol. The Morgan fingerprint density at radius 1 is 1.19 bits per heavy atom. The molecule has 0 aliphatic heterocycles. The minimum Gasteiger partial charge on any atom is -0.336 e. The number of benzene rings is 1. The van der Waals surface area contributed by atoms with Crippen molar-refractivity contribution in [2.45, 2.75) is 6.42 Å². The Hall–Kier alpha value is -2.22. The number of nitrogens with one attached hydrogen (secondary N) is 1. The van der Waals surface area contributed by atoms with E-state index in [0.29, 0.717) is 16.4 Å². The van der Waals surface area contributed by atoms with Crippen LogP contribution in [0, 0.1) is 0 Å². The highest BCUT2D eigenvalue weighted by Gasteiger charge is 2.16. The number of nitrogens with zero attached hydrogens (tertiary/aromatic N) is 2. The van der Waals surface area contributed by atoms with Crippen molar-refractivity contribution in [3.8, 4) is 9.88 Å². The monoisotopic (exact) mass is 405 g/mol. The molecule has 0 aliphatic carbocycles. The number of carbonyl (C=O) groups excluding carboxylic acids is 2. The maximum Gasteiger partial charge on any atom is 0.244 e. The van der Waals surface area contributed by atoms with Crippen LogP contribution in [0.3, 0.4) is 0 Å². The molecule has 0 spiro atoms. The highest BCUT2D eigenvalue weighted by molar-refractivity contribution is 7.20. The Balaban J connectivity index is 1.54. The maximum atomic E-state index is 12.4. The van der Waals surface area contributed by atoms with E-state index in [1.807, 2.05) is 22.9 Å². The van der Waals surface area contributed by atoms with Crippen molar-refractivity contribution in [1.82, 2.24) is 9.88 Å². The standard InChI is InChI=1S/C18H16ClN3O2S2/c1-22(10-16(23)21-14-6-3-2-5-13(14)19)17(24)9-12-11-26-18(20-12)15-7-4-8-25-15/h2-8,11H,9-10H2,1H3,(H,21,23). The van der Waals surface area contributed by atoms with Gasteiger partial charge in [-0.3, -0.25) is 9.59 Å². The number of carbonyl (C=O) groups is 2. The summed E-state index contributed by atoms with van der Waals surface area (Å²) in [6, 6.07) is 10.9. The number of hydrogen-bond acceptors (Lipinski definition) is 5. The smallest absolute Gasteiger partial charge is 0.244 e. The summed E-state index contributed by atoms with van der Waals surface area (Å²) in [7, 11) is 1.60. The second kappa shape index (κ2) is 8.44. The first-order valence-corrected chi connectivity index (χ1v) is 9.93. The van der Waals surface area contributed by atoms with Crippen LogP contribution in [0.15, 0.2) is 47.2 Å². The zero-order chi connectivity index (χ0) is 18.5. The Bertz CT molecular complexity index is 909. The molecule has 8 heteroatoms. The molecule has 0 saturated carbocycles. The molecule has 1 N–H and O–H groups in total. The molecule has 3 rings (SSSR count). The molecule has 26 heavy (non-hydrogen) atoms. The molecule has 3 aromatic rings. The lowest BCUT2D eigenvalue weighted by Gasteiger charge is -2.16. The molecule has 0 bridgehead atoms. The first-order chi connectivity index (χ1) is 12.5. The number of thiazole rings is 1. The van der Waals surface area contributed by atoms with Crippen molar-refractivity contribution < 1.29 is 9.59 Å². The third-order valence-electron chi connectivity index (χ3n) is 3.57. The molecule has 0 fully saturated rings. The lowest BCUT2D eigenvalue weighted by Crippen LogP contribution is -2.35. The van der Waals surface area contributed by atoms with Crippen molar-refractivity contribution in [3.63, 3.8) is 0 Å². The largest absolute Gasteiger partial charge is 0.336 e. The van der Waals surface area contributed by atoms with E-state index in [0.717, 1.165) is 9.88 Å². The molecule has 0 saturated heterocycles. The minimum absolute atomic E-state index is 0.0496. The third kappa shape index (κ3) is 4.69. The van der Waals surface area contributed by atoms with Crippen LogP contribution in [-0.2, 0) is 16.0 Å². The molecule has 2 amide bonds. The van der Waals surface area contributed by atoms with Gasteiger partial charge in [-0.25, -0.2) is 4.98 Å². The number of anilines is 1. The summed E-state index contributed by atoms with van der Waals surface area (Å²) < 4.78 is 0. The van der Waals surface area contributed by atoms with Gasteiger partial charge in [0.25, 0.3) is 0 Å². The van der Waals surface area contributed by atoms with Crippen molar-refractivity contribution in [3.05, 3.63) is 57.9 Å². The number of para-hydroxylation sites is 1. The number of hydrogen-bond donors (Lipinski definition) is 1. The summed E-state index contributed by atoms with van der Waals surface area (Å²) in [5, 5.41) is 7.94. The van der Waals surface area contributed by atoms with Gasteiger partial charge in [0.15, 0.2) is 0 Å². The van der Waals surface area contributed by atoms with Gasteiger partial charge in [0.2, 0.25) is 11.8 Å². The van der Waals surface area contributed by atoms with Crippen LogP contribution < -0.4 is 5.32 Å². The lowest BCUT2D eigenvalue weighted by atomic mass is 10.3. The number of thiophene rings is 1. The van der Waals surface area contributed by atoms with Crippen LogP contribution >= 0.6 is 34.3 Å². The Kier molecular flexibility index (Phi) is 6.03. The van der Waals surface area contributed by atoms with Gasteiger partial charge in [-0.1, -0.05) is 29.8 Å². The molecule has 0 radical (unpaired) electrons. The van der Waals surface area contributed by atoms with Crippen LogP contribution in [0.1, 0.15) is 5.69 Å². The van der Waals surface area contributed by atoms with Crippen molar-refractivity contribution in [1.29, 1.82) is 0 Å². The Morgan fingerprint density at radius 3 is 2.73 bits per heavy atom. The van der Waals surface area contributed by atoms with Crippen molar-refractivity contribution in [2.75, 3.05) is 18.9 Å². The lowest BCUT2D eigenvalue weighted by molar-refractivity contribution is -0.132. The first kappa shape index (κ1) is 18.6. The zero-order valence-corrected chi connectivity index (χ0v) is 16.3. The van der Waals surface area contributed by atoms with E-state index in [4.69, 9.17) is 11.6 Å². The van der Waals surface area contributed by atoms with Crippen LogP contribution in [0.4, 0.5) is 5.69 Å². The van der Waals surface area contributed by atoms with E-state index in [2.05, 4.69) is 10.3 Å². The highest BCUT2D eigenvalue weighted by atomic mass is 35.5. The van der Waals surface area contributed by atoms with E-state index < -0.39 is 0 Å². The third-order valence-corrected chi connectivity index (χ3v) is 5.83. The molecule has 1 aromatic carbocycles. The van der Waals surface area contributed by atoms with Crippen LogP contribution in [0.5, 0.6) is 0 Å². The van der Waals surface area contributed by atoms with Gasteiger partial charge in [-0.2, -0.15) is 0 Å².